The van der Waals surface area contributed by atoms with Gasteiger partial charge in [0.05, 0.1) is 17.4 Å². The highest BCUT2D eigenvalue weighted by Crippen LogP contribution is 2.21. The normalized spacial score (nSPS) is 13.2. The van der Waals surface area contributed by atoms with Crippen molar-refractivity contribution in [2.75, 3.05) is 19.6 Å². The summed E-state index contributed by atoms with van der Waals surface area (Å²) in [6, 6.07) is 7.04. The van der Waals surface area contributed by atoms with Crippen LogP contribution in [-0.2, 0) is 0 Å². The molecule has 0 unspecified atom stereocenters. The van der Waals surface area contributed by atoms with Gasteiger partial charge < -0.3 is 9.47 Å². The maximum Gasteiger partial charge on any atom is 0.0960 e. The van der Waals surface area contributed by atoms with Gasteiger partial charge in [-0.1, -0.05) is 19.9 Å². The Balaban J connectivity index is 1.99. The maximum atomic E-state index is 4.53. The Kier molecular flexibility index (Phi) is 5.18. The minimum absolute atomic E-state index is 0.512. The average molecular weight is 273 g/mol. The Bertz CT molecular complexity index is 540. The average Bonchev–Trinajstić information content (AvgIpc) is 2.86. The summed E-state index contributed by atoms with van der Waals surface area (Å²) in [6.45, 7) is 12.4. The zero-order valence-electron chi connectivity index (χ0n) is 13.3. The number of hydrogen-bond acceptors (Lipinski definition) is 2. The summed E-state index contributed by atoms with van der Waals surface area (Å²) in [4.78, 5) is 7.02. The summed E-state index contributed by atoms with van der Waals surface area (Å²) in [5.74, 6) is 0. The number of imidazole rings is 1. The molecule has 1 aromatic carbocycles. The molecule has 0 bridgehead atoms. The third-order valence-corrected chi connectivity index (χ3v) is 4.20. The first-order chi connectivity index (χ1) is 9.65. The van der Waals surface area contributed by atoms with Gasteiger partial charge >= 0.3 is 0 Å². The first-order valence-corrected chi connectivity index (χ1v) is 7.81. The first-order valence-electron chi connectivity index (χ1n) is 7.81. The molecule has 0 saturated heterocycles. The molecule has 0 aliphatic heterocycles. The van der Waals surface area contributed by atoms with Crippen LogP contribution in [0.2, 0.25) is 0 Å². The second kappa shape index (κ2) is 6.89. The van der Waals surface area contributed by atoms with Crippen molar-refractivity contribution in [2.24, 2.45) is 0 Å². The Morgan fingerprint density at radius 1 is 1.25 bits per heavy atom. The quantitative estimate of drug-likeness (QED) is 0.759. The van der Waals surface area contributed by atoms with Gasteiger partial charge in [0, 0.05) is 6.04 Å². The van der Waals surface area contributed by atoms with Crippen molar-refractivity contribution < 1.29 is 0 Å². The lowest BCUT2D eigenvalue weighted by molar-refractivity contribution is 0.289. The highest BCUT2D eigenvalue weighted by atomic mass is 15.1. The van der Waals surface area contributed by atoms with E-state index in [4.69, 9.17) is 0 Å². The number of hydrogen-bond donors (Lipinski definition) is 0. The van der Waals surface area contributed by atoms with Crippen LogP contribution in [0.25, 0.3) is 11.0 Å². The second-order valence-electron chi connectivity index (χ2n) is 5.66. The zero-order chi connectivity index (χ0) is 14.5. The molecule has 2 rings (SSSR count). The van der Waals surface area contributed by atoms with Crippen LogP contribution in [0.4, 0.5) is 0 Å². The number of fused-ring (bicyclic) bond motifs is 1. The molecule has 1 atom stereocenters. The molecule has 0 spiro atoms. The monoisotopic (exact) mass is 273 g/mol. The van der Waals surface area contributed by atoms with Gasteiger partial charge in [-0.15, -0.1) is 0 Å². The van der Waals surface area contributed by atoms with E-state index in [0.717, 1.165) is 18.6 Å². The fourth-order valence-corrected chi connectivity index (χ4v) is 2.78. The van der Waals surface area contributed by atoms with Crippen molar-refractivity contribution >= 4 is 11.0 Å². The molecule has 0 saturated carbocycles. The van der Waals surface area contributed by atoms with Crippen LogP contribution in [0, 0.1) is 6.92 Å². The number of benzene rings is 1. The van der Waals surface area contributed by atoms with Gasteiger partial charge in [0.2, 0.25) is 0 Å². The molecule has 3 nitrogen and oxygen atoms in total. The molecular weight excluding hydrogens is 246 g/mol. The first kappa shape index (κ1) is 15.0. The van der Waals surface area contributed by atoms with Crippen molar-refractivity contribution in [2.45, 2.75) is 46.6 Å². The third kappa shape index (κ3) is 3.40. The summed E-state index contributed by atoms with van der Waals surface area (Å²) >= 11 is 0. The van der Waals surface area contributed by atoms with Crippen LogP contribution in [0.1, 0.15) is 45.2 Å². The van der Waals surface area contributed by atoms with Gasteiger partial charge in [-0.3, -0.25) is 0 Å². The van der Waals surface area contributed by atoms with Crippen molar-refractivity contribution in [3.8, 4) is 0 Å². The summed E-state index contributed by atoms with van der Waals surface area (Å²) in [5, 5.41) is 0. The van der Waals surface area contributed by atoms with Crippen LogP contribution >= 0.6 is 0 Å². The molecule has 0 amide bonds. The molecular formula is C17H27N3. The van der Waals surface area contributed by atoms with E-state index in [1.165, 1.54) is 30.5 Å². The van der Waals surface area contributed by atoms with Gasteiger partial charge in [-0.2, -0.15) is 0 Å². The number of nitrogens with zero attached hydrogens (tertiary/aromatic N) is 3. The highest BCUT2D eigenvalue weighted by molar-refractivity contribution is 5.76. The Hall–Kier alpha value is -1.35. The molecule has 0 radical (unpaired) electrons. The van der Waals surface area contributed by atoms with Gasteiger partial charge in [0.15, 0.2) is 0 Å². The molecule has 0 N–H and O–H groups in total. The lowest BCUT2D eigenvalue weighted by atomic mass is 10.1. The lowest BCUT2D eigenvalue weighted by Gasteiger charge is -2.20. The third-order valence-electron chi connectivity index (χ3n) is 4.20. The summed E-state index contributed by atoms with van der Waals surface area (Å²) in [7, 11) is 0. The number of aromatic nitrogens is 2. The largest absolute Gasteiger partial charge is 0.328 e. The fourth-order valence-electron chi connectivity index (χ4n) is 2.78. The van der Waals surface area contributed by atoms with Crippen molar-refractivity contribution in [1.29, 1.82) is 0 Å². The summed E-state index contributed by atoms with van der Waals surface area (Å²) < 4.78 is 2.32. The van der Waals surface area contributed by atoms with Crippen LogP contribution < -0.4 is 0 Å². The van der Waals surface area contributed by atoms with E-state index in [-0.39, 0.29) is 0 Å². The van der Waals surface area contributed by atoms with E-state index in [1.807, 2.05) is 6.33 Å². The molecule has 20 heavy (non-hydrogen) atoms. The van der Waals surface area contributed by atoms with Crippen molar-refractivity contribution in [3.63, 3.8) is 0 Å². The molecule has 3 heteroatoms. The van der Waals surface area contributed by atoms with E-state index in [9.17, 15) is 0 Å². The topological polar surface area (TPSA) is 21.1 Å². The number of aryl methyl sites for hydroxylation is 1. The minimum atomic E-state index is 0.512. The van der Waals surface area contributed by atoms with Crippen molar-refractivity contribution in [3.05, 3.63) is 30.1 Å². The zero-order valence-corrected chi connectivity index (χ0v) is 13.3. The summed E-state index contributed by atoms with van der Waals surface area (Å²) in [5.41, 5.74) is 3.64. The van der Waals surface area contributed by atoms with Crippen LogP contribution in [0.15, 0.2) is 24.5 Å². The second-order valence-corrected chi connectivity index (χ2v) is 5.66. The molecule has 0 fully saturated rings. The molecule has 1 aromatic heterocycles. The van der Waals surface area contributed by atoms with E-state index in [2.05, 4.69) is 60.3 Å². The van der Waals surface area contributed by atoms with Crippen molar-refractivity contribution in [1.82, 2.24) is 14.5 Å². The molecule has 110 valence electrons. The minimum Gasteiger partial charge on any atom is -0.328 e. The van der Waals surface area contributed by atoms with E-state index < -0.39 is 0 Å². The predicted octanol–water partition coefficient (Wildman–Crippen LogP) is 4.03. The van der Waals surface area contributed by atoms with Crippen LogP contribution in [0.5, 0.6) is 0 Å². The Morgan fingerprint density at radius 2 is 2.00 bits per heavy atom. The van der Waals surface area contributed by atoms with Gasteiger partial charge in [-0.25, -0.2) is 4.98 Å². The van der Waals surface area contributed by atoms with Crippen LogP contribution in [-0.4, -0.2) is 34.1 Å². The Morgan fingerprint density at radius 3 is 2.70 bits per heavy atom. The smallest absolute Gasteiger partial charge is 0.0960 e. The van der Waals surface area contributed by atoms with E-state index >= 15 is 0 Å². The molecule has 1 heterocycles. The predicted molar refractivity (Wildman–Crippen MR) is 86.2 cm³/mol. The van der Waals surface area contributed by atoms with E-state index in [0.29, 0.717) is 6.04 Å². The van der Waals surface area contributed by atoms with Gasteiger partial charge in [-0.05, 0) is 64.0 Å². The standard InChI is InChI=1S/C17H27N3/c1-5-19(6-2)11-7-8-15(4)20-13-18-16-12-14(3)9-10-17(16)20/h9-10,12-13,15H,5-8,11H2,1-4H3/t15-/m1/s1. The van der Waals surface area contributed by atoms with Crippen LogP contribution in [0.3, 0.4) is 0 Å². The number of rotatable bonds is 7. The molecule has 0 aliphatic rings. The molecule has 0 aliphatic carbocycles. The van der Waals surface area contributed by atoms with Gasteiger partial charge in [0.1, 0.15) is 0 Å². The SMILES string of the molecule is CCN(CC)CCC[C@@H](C)n1cnc2cc(C)ccc21. The Labute approximate surface area is 122 Å². The van der Waals surface area contributed by atoms with E-state index in [1.54, 1.807) is 0 Å². The van der Waals surface area contributed by atoms with Gasteiger partial charge in [0.25, 0.3) is 0 Å². The maximum absolute atomic E-state index is 4.53. The fraction of sp³-hybridized carbons (Fsp3) is 0.588. The lowest BCUT2D eigenvalue weighted by Crippen LogP contribution is -2.24. The molecule has 2 aromatic rings. The highest BCUT2D eigenvalue weighted by Gasteiger charge is 2.10. The summed E-state index contributed by atoms with van der Waals surface area (Å²) in [6.07, 6.45) is 4.44.